The Labute approximate surface area is 190 Å². The minimum Gasteiger partial charge on any atom is -0.371 e. The van der Waals surface area contributed by atoms with E-state index in [0.717, 1.165) is 56.6 Å². The second-order valence-corrected chi connectivity index (χ2v) is 8.80. The molecule has 3 amide bonds. The van der Waals surface area contributed by atoms with Gasteiger partial charge in [-0.2, -0.15) is 13.2 Å². The van der Waals surface area contributed by atoms with Crippen LogP contribution in [-0.2, 0) is 6.18 Å². The van der Waals surface area contributed by atoms with Crippen LogP contribution in [-0.4, -0.2) is 31.1 Å². The van der Waals surface area contributed by atoms with Crippen LogP contribution in [0.1, 0.15) is 48.5 Å². The van der Waals surface area contributed by atoms with Gasteiger partial charge in [-0.15, -0.1) is 0 Å². The quantitative estimate of drug-likeness (QED) is 0.553. The number of halogens is 3. The van der Waals surface area contributed by atoms with Crippen molar-refractivity contribution in [1.82, 2.24) is 5.32 Å². The zero-order valence-electron chi connectivity index (χ0n) is 18.3. The molecule has 0 bridgehead atoms. The van der Waals surface area contributed by atoms with Crippen LogP contribution in [0.5, 0.6) is 0 Å². The number of alkyl halides is 3. The Hall–Kier alpha value is -3.23. The van der Waals surface area contributed by atoms with Crippen molar-refractivity contribution in [3.63, 3.8) is 0 Å². The van der Waals surface area contributed by atoms with Crippen LogP contribution in [0.2, 0.25) is 0 Å². The van der Waals surface area contributed by atoms with Crippen molar-refractivity contribution < 1.29 is 22.8 Å². The molecule has 2 aromatic rings. The molecule has 0 spiro atoms. The van der Waals surface area contributed by atoms with E-state index in [9.17, 15) is 22.8 Å². The Morgan fingerprint density at radius 1 is 0.909 bits per heavy atom. The second-order valence-electron chi connectivity index (χ2n) is 8.80. The topological polar surface area (TPSA) is 73.5 Å². The zero-order chi connectivity index (χ0) is 23.6. The van der Waals surface area contributed by atoms with Crippen LogP contribution in [0.15, 0.2) is 42.5 Å². The number of piperidine rings is 1. The Morgan fingerprint density at radius 2 is 1.52 bits per heavy atom. The third kappa shape index (κ3) is 5.97. The minimum absolute atomic E-state index is 0.169. The number of benzene rings is 2. The molecule has 176 valence electrons. The summed E-state index contributed by atoms with van der Waals surface area (Å²) in [6, 6.07) is 9.01. The molecule has 1 saturated carbocycles. The largest absolute Gasteiger partial charge is 0.416 e. The van der Waals surface area contributed by atoms with Crippen molar-refractivity contribution in [2.45, 2.75) is 44.8 Å². The summed E-state index contributed by atoms with van der Waals surface area (Å²) in [7, 11) is 0. The molecule has 1 saturated heterocycles. The van der Waals surface area contributed by atoms with E-state index < -0.39 is 17.8 Å². The van der Waals surface area contributed by atoms with Crippen molar-refractivity contribution in [2.75, 3.05) is 28.6 Å². The fraction of sp³-hybridized carbons (Fsp3) is 0.417. The fourth-order valence-corrected chi connectivity index (χ4v) is 3.85. The Bertz CT molecular complexity index is 1010. The third-order valence-corrected chi connectivity index (χ3v) is 6.01. The van der Waals surface area contributed by atoms with E-state index in [4.69, 9.17) is 0 Å². The van der Waals surface area contributed by atoms with E-state index in [1.165, 1.54) is 12.1 Å². The number of carbonyl (C=O) groups is 2. The summed E-state index contributed by atoms with van der Waals surface area (Å²) in [5.74, 6) is 0.484. The van der Waals surface area contributed by atoms with E-state index in [2.05, 4.69) is 27.8 Å². The maximum Gasteiger partial charge on any atom is 0.416 e. The molecule has 1 aliphatic carbocycles. The first-order chi connectivity index (χ1) is 15.7. The number of anilines is 3. The lowest BCUT2D eigenvalue weighted by molar-refractivity contribution is -0.137. The van der Waals surface area contributed by atoms with Crippen LogP contribution >= 0.6 is 0 Å². The van der Waals surface area contributed by atoms with Crippen molar-refractivity contribution >= 4 is 29.0 Å². The molecule has 0 radical (unpaired) electrons. The summed E-state index contributed by atoms with van der Waals surface area (Å²) in [6.07, 6.45) is -0.392. The van der Waals surface area contributed by atoms with Crippen molar-refractivity contribution in [3.05, 3.63) is 53.6 Å². The van der Waals surface area contributed by atoms with E-state index in [-0.39, 0.29) is 17.6 Å². The summed E-state index contributed by atoms with van der Waals surface area (Å²) in [4.78, 5) is 27.5. The van der Waals surface area contributed by atoms with E-state index in [1.54, 1.807) is 12.1 Å². The zero-order valence-corrected chi connectivity index (χ0v) is 18.3. The average molecular weight is 461 g/mol. The van der Waals surface area contributed by atoms with Crippen molar-refractivity contribution in [2.24, 2.45) is 5.92 Å². The highest BCUT2D eigenvalue weighted by Gasteiger charge is 2.30. The third-order valence-electron chi connectivity index (χ3n) is 6.01. The maximum atomic E-state index is 12.9. The van der Waals surface area contributed by atoms with Gasteiger partial charge in [-0.25, -0.2) is 4.79 Å². The molecule has 2 fully saturated rings. The molecule has 33 heavy (non-hydrogen) atoms. The van der Waals surface area contributed by atoms with Gasteiger partial charge in [-0.3, -0.25) is 4.79 Å². The van der Waals surface area contributed by atoms with Crippen LogP contribution in [0.3, 0.4) is 0 Å². The fourth-order valence-electron chi connectivity index (χ4n) is 3.85. The normalized spacial score (nSPS) is 16.9. The number of hydrogen-bond donors (Lipinski definition) is 3. The standard InChI is InChI=1S/C24H27F3N4O2/c1-15-10-12-31(13-11-15)21-9-8-19(14-20(21)22(32)28-17-6-7-17)30-23(33)29-18-4-2-16(3-5-18)24(25,26)27/h2-5,8-9,14-15,17H,6-7,10-13H2,1H3,(H,28,32)(H2,29,30,33). The molecular weight excluding hydrogens is 433 g/mol. The maximum absolute atomic E-state index is 12.9. The molecular formula is C24H27F3N4O2. The first-order valence-corrected chi connectivity index (χ1v) is 11.1. The molecule has 4 rings (SSSR count). The smallest absolute Gasteiger partial charge is 0.371 e. The monoisotopic (exact) mass is 460 g/mol. The number of hydrogen-bond acceptors (Lipinski definition) is 3. The van der Waals surface area contributed by atoms with Crippen LogP contribution in [0.25, 0.3) is 0 Å². The SMILES string of the molecule is CC1CCN(c2ccc(NC(=O)Nc3ccc(C(F)(F)F)cc3)cc2C(=O)NC2CC2)CC1. The van der Waals surface area contributed by atoms with Gasteiger partial charge in [-0.05, 0) is 74.1 Å². The summed E-state index contributed by atoms with van der Waals surface area (Å²) in [6.45, 7) is 3.96. The number of rotatable bonds is 5. The molecule has 0 atom stereocenters. The van der Waals surface area contributed by atoms with Gasteiger partial charge in [-0.1, -0.05) is 6.92 Å². The lowest BCUT2D eigenvalue weighted by atomic mass is 9.98. The summed E-state index contributed by atoms with van der Waals surface area (Å²) in [5, 5.41) is 8.19. The lowest BCUT2D eigenvalue weighted by Crippen LogP contribution is -2.35. The predicted octanol–water partition coefficient (Wildman–Crippen LogP) is 5.48. The summed E-state index contributed by atoms with van der Waals surface area (Å²) in [5.41, 5.74) is 1.21. The van der Waals surface area contributed by atoms with Gasteiger partial charge in [0, 0.05) is 36.2 Å². The number of nitrogens with one attached hydrogen (secondary N) is 3. The molecule has 2 aromatic carbocycles. The number of nitrogens with zero attached hydrogens (tertiary/aromatic N) is 1. The van der Waals surface area contributed by atoms with E-state index in [1.807, 2.05) is 6.07 Å². The number of urea groups is 1. The Balaban J connectivity index is 1.47. The van der Waals surface area contributed by atoms with Gasteiger partial charge < -0.3 is 20.9 Å². The molecule has 0 unspecified atom stereocenters. The van der Waals surface area contributed by atoms with Crippen LogP contribution in [0, 0.1) is 5.92 Å². The highest BCUT2D eigenvalue weighted by Crippen LogP contribution is 2.31. The predicted molar refractivity (Wildman–Crippen MR) is 122 cm³/mol. The highest BCUT2D eigenvalue weighted by atomic mass is 19.4. The Morgan fingerprint density at radius 3 is 2.12 bits per heavy atom. The van der Waals surface area contributed by atoms with Crippen LogP contribution in [0.4, 0.5) is 35.0 Å². The van der Waals surface area contributed by atoms with Crippen molar-refractivity contribution in [3.8, 4) is 0 Å². The van der Waals surface area contributed by atoms with Gasteiger partial charge in [0.15, 0.2) is 0 Å². The van der Waals surface area contributed by atoms with E-state index >= 15 is 0 Å². The molecule has 1 heterocycles. The lowest BCUT2D eigenvalue weighted by Gasteiger charge is -2.33. The number of amides is 3. The van der Waals surface area contributed by atoms with Gasteiger partial charge in [0.1, 0.15) is 0 Å². The highest BCUT2D eigenvalue weighted by molar-refractivity contribution is 6.04. The first-order valence-electron chi connectivity index (χ1n) is 11.1. The Kier molecular flexibility index (Phi) is 6.49. The van der Waals surface area contributed by atoms with Crippen LogP contribution < -0.4 is 20.9 Å². The first kappa shape index (κ1) is 22.9. The summed E-state index contributed by atoms with van der Waals surface area (Å²) >= 11 is 0. The minimum atomic E-state index is -4.44. The molecule has 6 nitrogen and oxygen atoms in total. The molecule has 2 aliphatic rings. The van der Waals surface area contributed by atoms with E-state index in [0.29, 0.717) is 17.2 Å². The summed E-state index contributed by atoms with van der Waals surface area (Å²) < 4.78 is 38.1. The molecule has 9 heteroatoms. The van der Waals surface area contributed by atoms with Gasteiger partial charge >= 0.3 is 12.2 Å². The van der Waals surface area contributed by atoms with Gasteiger partial charge in [0.05, 0.1) is 11.1 Å². The molecule has 0 aromatic heterocycles. The number of carbonyl (C=O) groups excluding carboxylic acids is 2. The van der Waals surface area contributed by atoms with Gasteiger partial charge in [0.25, 0.3) is 5.91 Å². The average Bonchev–Trinajstić information content (AvgIpc) is 3.58. The molecule has 1 aliphatic heterocycles. The second kappa shape index (κ2) is 9.33. The molecule has 3 N–H and O–H groups in total. The van der Waals surface area contributed by atoms with Gasteiger partial charge in [0.2, 0.25) is 0 Å². The van der Waals surface area contributed by atoms with Crippen molar-refractivity contribution in [1.29, 1.82) is 0 Å².